The molecule has 0 fully saturated rings. The van der Waals surface area contributed by atoms with E-state index in [1.807, 2.05) is 13.8 Å². The third-order valence-electron chi connectivity index (χ3n) is 5.58. The monoisotopic (exact) mass is 590 g/mol. The number of rotatable bonds is 12. The van der Waals surface area contributed by atoms with Gasteiger partial charge in [-0.1, -0.05) is 54.9 Å². The Morgan fingerprint density at radius 3 is 2.56 bits per heavy atom. The SMILES string of the molecule is C=CCn1c(SCC(=O)Nc2ccc([N+](=O)[O-])cc2C)nnc1[C@@H](CC(C)C)NC(=O)c1ccc(Cl)cc1Cl. The molecule has 2 aromatic carbocycles. The van der Waals surface area contributed by atoms with Gasteiger partial charge in [0, 0.05) is 29.4 Å². The van der Waals surface area contributed by atoms with Crippen LogP contribution in [0.25, 0.3) is 0 Å². The number of nitro groups is 1. The Hall–Kier alpha value is -3.41. The van der Waals surface area contributed by atoms with E-state index in [9.17, 15) is 19.7 Å². The molecule has 13 heteroatoms. The lowest BCUT2D eigenvalue weighted by Crippen LogP contribution is -2.32. The predicted molar refractivity (Wildman–Crippen MR) is 154 cm³/mol. The third kappa shape index (κ3) is 8.04. The van der Waals surface area contributed by atoms with Gasteiger partial charge in [-0.2, -0.15) is 0 Å². The number of nitrogens with zero attached hydrogens (tertiary/aromatic N) is 4. The van der Waals surface area contributed by atoms with Gasteiger partial charge in [-0.3, -0.25) is 19.7 Å². The summed E-state index contributed by atoms with van der Waals surface area (Å²) in [5.74, 6) is 0.0826. The van der Waals surface area contributed by atoms with Gasteiger partial charge < -0.3 is 15.2 Å². The molecule has 0 saturated carbocycles. The fourth-order valence-electron chi connectivity index (χ4n) is 3.79. The number of allylic oxidation sites excluding steroid dienone is 1. The van der Waals surface area contributed by atoms with E-state index in [4.69, 9.17) is 23.2 Å². The number of thioether (sulfide) groups is 1. The van der Waals surface area contributed by atoms with Crippen LogP contribution in [-0.4, -0.2) is 37.3 Å². The number of halogens is 2. The Labute approximate surface area is 240 Å². The maximum atomic E-state index is 13.1. The molecule has 0 bridgehead atoms. The van der Waals surface area contributed by atoms with Crippen molar-refractivity contribution in [1.29, 1.82) is 0 Å². The number of aryl methyl sites for hydroxylation is 1. The highest BCUT2D eigenvalue weighted by Gasteiger charge is 2.25. The quantitative estimate of drug-likeness (QED) is 0.110. The van der Waals surface area contributed by atoms with Gasteiger partial charge in [0.15, 0.2) is 11.0 Å². The van der Waals surface area contributed by atoms with Gasteiger partial charge in [0.25, 0.3) is 11.6 Å². The Bertz CT molecular complexity index is 1390. The summed E-state index contributed by atoms with van der Waals surface area (Å²) in [5, 5.41) is 26.5. The molecule has 10 nitrogen and oxygen atoms in total. The van der Waals surface area contributed by atoms with Gasteiger partial charge in [0.1, 0.15) is 0 Å². The molecule has 0 aliphatic rings. The summed E-state index contributed by atoms with van der Waals surface area (Å²) in [6.45, 7) is 9.92. The highest BCUT2D eigenvalue weighted by Crippen LogP contribution is 2.28. The van der Waals surface area contributed by atoms with E-state index < -0.39 is 11.0 Å². The molecule has 206 valence electrons. The van der Waals surface area contributed by atoms with Crippen LogP contribution >= 0.6 is 35.0 Å². The van der Waals surface area contributed by atoms with Crippen molar-refractivity contribution in [2.24, 2.45) is 5.92 Å². The number of benzene rings is 2. The molecule has 1 aromatic heterocycles. The zero-order valence-corrected chi connectivity index (χ0v) is 23.9. The van der Waals surface area contributed by atoms with Crippen molar-refractivity contribution in [2.45, 2.75) is 44.9 Å². The van der Waals surface area contributed by atoms with Crippen molar-refractivity contribution in [2.75, 3.05) is 11.1 Å². The number of hydrogen-bond donors (Lipinski definition) is 2. The second-order valence-electron chi connectivity index (χ2n) is 9.11. The highest BCUT2D eigenvalue weighted by molar-refractivity contribution is 7.99. The number of carbonyl (C=O) groups excluding carboxylic acids is 2. The minimum Gasteiger partial charge on any atom is -0.342 e. The van der Waals surface area contributed by atoms with E-state index in [-0.39, 0.29) is 39.8 Å². The summed E-state index contributed by atoms with van der Waals surface area (Å²) in [6.07, 6.45) is 2.26. The molecule has 0 saturated heterocycles. The molecule has 2 amide bonds. The molecule has 1 heterocycles. The smallest absolute Gasteiger partial charge is 0.269 e. The Morgan fingerprint density at radius 2 is 1.95 bits per heavy atom. The molecule has 0 radical (unpaired) electrons. The number of aromatic nitrogens is 3. The van der Waals surface area contributed by atoms with E-state index in [0.29, 0.717) is 40.2 Å². The Kier molecular flexibility index (Phi) is 10.5. The minimum atomic E-state index is -0.489. The second kappa shape index (κ2) is 13.6. The molecule has 1 atom stereocenters. The zero-order chi connectivity index (χ0) is 28.7. The van der Waals surface area contributed by atoms with Gasteiger partial charge in [-0.05, 0) is 49.1 Å². The van der Waals surface area contributed by atoms with E-state index in [2.05, 4.69) is 27.4 Å². The second-order valence-corrected chi connectivity index (χ2v) is 10.9. The average Bonchev–Trinajstić information content (AvgIpc) is 3.25. The normalized spacial score (nSPS) is 11.7. The van der Waals surface area contributed by atoms with Gasteiger partial charge in [0.2, 0.25) is 5.91 Å². The number of hydrogen-bond acceptors (Lipinski definition) is 7. The number of amides is 2. The summed E-state index contributed by atoms with van der Waals surface area (Å²) in [6, 6.07) is 8.42. The third-order valence-corrected chi connectivity index (χ3v) is 7.10. The molecular weight excluding hydrogens is 563 g/mol. The molecule has 2 N–H and O–H groups in total. The first-order chi connectivity index (χ1) is 18.5. The fourth-order valence-corrected chi connectivity index (χ4v) is 5.04. The van der Waals surface area contributed by atoms with Crippen molar-refractivity contribution in [3.63, 3.8) is 0 Å². The van der Waals surface area contributed by atoms with Crippen LogP contribution in [0, 0.1) is 23.0 Å². The number of non-ortho nitro benzene ring substituents is 1. The Balaban J connectivity index is 1.78. The van der Waals surface area contributed by atoms with Crippen LogP contribution < -0.4 is 10.6 Å². The molecule has 0 aliphatic heterocycles. The topological polar surface area (TPSA) is 132 Å². The lowest BCUT2D eigenvalue weighted by Gasteiger charge is -2.21. The zero-order valence-electron chi connectivity index (χ0n) is 21.6. The first-order valence-corrected chi connectivity index (χ1v) is 13.7. The first-order valence-electron chi connectivity index (χ1n) is 12.0. The van der Waals surface area contributed by atoms with Crippen molar-refractivity contribution in [3.8, 4) is 0 Å². The van der Waals surface area contributed by atoms with Crippen molar-refractivity contribution >= 4 is 58.2 Å². The maximum Gasteiger partial charge on any atom is 0.269 e. The van der Waals surface area contributed by atoms with Crippen LogP contribution in [0.2, 0.25) is 10.0 Å². The first kappa shape index (κ1) is 30.1. The van der Waals surface area contributed by atoms with Gasteiger partial charge in [0.05, 0.1) is 27.3 Å². The average molecular weight is 592 g/mol. The van der Waals surface area contributed by atoms with E-state index in [1.165, 1.54) is 36.0 Å². The van der Waals surface area contributed by atoms with Crippen molar-refractivity contribution in [1.82, 2.24) is 20.1 Å². The van der Waals surface area contributed by atoms with E-state index in [0.717, 1.165) is 0 Å². The molecule has 3 rings (SSSR count). The molecule has 0 spiro atoms. The Morgan fingerprint density at radius 1 is 1.21 bits per heavy atom. The van der Waals surface area contributed by atoms with Gasteiger partial charge in [-0.25, -0.2) is 0 Å². The largest absolute Gasteiger partial charge is 0.342 e. The predicted octanol–water partition coefficient (Wildman–Crippen LogP) is 6.24. The number of carbonyl (C=O) groups is 2. The molecule has 0 unspecified atom stereocenters. The molecular formula is C26H28Cl2N6O4S. The minimum absolute atomic E-state index is 0.0211. The van der Waals surface area contributed by atoms with Gasteiger partial charge >= 0.3 is 0 Å². The van der Waals surface area contributed by atoms with E-state index >= 15 is 0 Å². The number of nitrogens with one attached hydrogen (secondary N) is 2. The van der Waals surface area contributed by atoms with Crippen LogP contribution in [0.4, 0.5) is 11.4 Å². The standard InChI is InChI=1S/C26H28Cl2N6O4S/c1-5-10-33-24(22(11-15(2)3)30-25(36)19-8-6-17(27)13-20(19)28)31-32-26(33)39-14-23(35)29-21-9-7-18(34(37)38)12-16(21)4/h5-9,12-13,15,22H,1,10-11,14H2,2-4H3,(H,29,35)(H,30,36)/t22-/m1/s1. The lowest BCUT2D eigenvalue weighted by molar-refractivity contribution is -0.384. The maximum absolute atomic E-state index is 13.1. The summed E-state index contributed by atoms with van der Waals surface area (Å²) in [4.78, 5) is 36.2. The molecule has 3 aromatic rings. The number of nitro benzene ring substituents is 1. The van der Waals surface area contributed by atoms with Crippen LogP contribution in [0.1, 0.15) is 48.1 Å². The highest BCUT2D eigenvalue weighted by atomic mass is 35.5. The summed E-state index contributed by atoms with van der Waals surface area (Å²) in [5.41, 5.74) is 1.30. The lowest BCUT2D eigenvalue weighted by atomic mass is 10.0. The molecule has 39 heavy (non-hydrogen) atoms. The van der Waals surface area contributed by atoms with Crippen LogP contribution in [0.5, 0.6) is 0 Å². The van der Waals surface area contributed by atoms with Crippen molar-refractivity contribution in [3.05, 3.63) is 86.2 Å². The fraction of sp³-hybridized carbons (Fsp3) is 0.308. The summed E-state index contributed by atoms with van der Waals surface area (Å²) in [7, 11) is 0. The van der Waals surface area contributed by atoms with Crippen LogP contribution in [0.3, 0.4) is 0 Å². The van der Waals surface area contributed by atoms with Crippen LogP contribution in [0.15, 0.2) is 54.2 Å². The summed E-state index contributed by atoms with van der Waals surface area (Å²) >= 11 is 13.4. The molecule has 0 aliphatic carbocycles. The van der Waals surface area contributed by atoms with E-state index in [1.54, 1.807) is 29.7 Å². The summed E-state index contributed by atoms with van der Waals surface area (Å²) < 4.78 is 1.80. The van der Waals surface area contributed by atoms with Crippen LogP contribution in [-0.2, 0) is 11.3 Å². The number of anilines is 1. The van der Waals surface area contributed by atoms with Gasteiger partial charge in [-0.15, -0.1) is 16.8 Å². The van der Waals surface area contributed by atoms with Crippen molar-refractivity contribution < 1.29 is 14.5 Å².